The normalized spacial score (nSPS) is 12.1. The molecule has 0 aliphatic carbocycles. The number of carbonyl (C=O) groups is 1. The van der Waals surface area contributed by atoms with Gasteiger partial charge in [0.05, 0.1) is 17.4 Å². The Morgan fingerprint density at radius 2 is 1.79 bits per heavy atom. The molecule has 0 aliphatic heterocycles. The second kappa shape index (κ2) is 8.68. The molecule has 1 atom stereocenters. The molecule has 0 saturated heterocycles. The summed E-state index contributed by atoms with van der Waals surface area (Å²) < 4.78 is 14.6. The van der Waals surface area contributed by atoms with E-state index >= 15 is 0 Å². The first kappa shape index (κ1) is 21.2. The molecular formula is C24H17FN4O2S2. The number of benzene rings is 2. The van der Waals surface area contributed by atoms with Gasteiger partial charge in [0.2, 0.25) is 5.91 Å². The van der Waals surface area contributed by atoms with E-state index in [1.165, 1.54) is 45.7 Å². The van der Waals surface area contributed by atoms with Crippen LogP contribution in [0.15, 0.2) is 76.5 Å². The predicted molar refractivity (Wildman–Crippen MR) is 130 cm³/mol. The van der Waals surface area contributed by atoms with E-state index < -0.39 is 6.04 Å². The summed E-state index contributed by atoms with van der Waals surface area (Å²) in [6.45, 7) is 1.64. The smallest absolute Gasteiger partial charge is 0.263 e. The SMILES string of the molecule is CC(C(=O)Nc1nc(-c2ccccc2)cs1)n1cnc2scc(-c3ccc(F)cc3)c2c1=O. The Kier molecular flexibility index (Phi) is 5.57. The minimum Gasteiger partial charge on any atom is -0.300 e. The monoisotopic (exact) mass is 476 g/mol. The van der Waals surface area contributed by atoms with Crippen LogP contribution in [0.25, 0.3) is 32.6 Å². The summed E-state index contributed by atoms with van der Waals surface area (Å²) in [5.41, 5.74) is 2.78. The van der Waals surface area contributed by atoms with Gasteiger partial charge in [-0.3, -0.25) is 14.2 Å². The highest BCUT2D eigenvalue weighted by molar-refractivity contribution is 7.17. The minimum absolute atomic E-state index is 0.327. The summed E-state index contributed by atoms with van der Waals surface area (Å²) >= 11 is 2.65. The fraction of sp³-hybridized carbons (Fsp3) is 0.0833. The van der Waals surface area contributed by atoms with Crippen LogP contribution >= 0.6 is 22.7 Å². The van der Waals surface area contributed by atoms with Crippen molar-refractivity contribution in [2.24, 2.45) is 0 Å². The van der Waals surface area contributed by atoms with Crippen LogP contribution in [-0.4, -0.2) is 20.4 Å². The van der Waals surface area contributed by atoms with Crippen LogP contribution in [0.2, 0.25) is 0 Å². The summed E-state index contributed by atoms with van der Waals surface area (Å²) in [5, 5.41) is 7.35. The highest BCUT2D eigenvalue weighted by Crippen LogP contribution is 2.31. The lowest BCUT2D eigenvalue weighted by Gasteiger charge is -2.14. The second-order valence-corrected chi connectivity index (χ2v) is 9.08. The van der Waals surface area contributed by atoms with Gasteiger partial charge in [-0.05, 0) is 24.6 Å². The number of amides is 1. The Morgan fingerprint density at radius 3 is 2.55 bits per heavy atom. The second-order valence-electron chi connectivity index (χ2n) is 7.36. The average Bonchev–Trinajstić information content (AvgIpc) is 3.48. The lowest BCUT2D eigenvalue weighted by Crippen LogP contribution is -2.31. The molecule has 0 radical (unpaired) electrons. The van der Waals surface area contributed by atoms with Crippen LogP contribution in [0.5, 0.6) is 0 Å². The first-order valence-corrected chi connectivity index (χ1v) is 11.8. The minimum atomic E-state index is -0.806. The van der Waals surface area contributed by atoms with E-state index in [4.69, 9.17) is 0 Å². The third kappa shape index (κ3) is 4.08. The predicted octanol–water partition coefficient (Wildman–Crippen LogP) is 5.59. The van der Waals surface area contributed by atoms with Crippen molar-refractivity contribution in [3.8, 4) is 22.4 Å². The van der Waals surface area contributed by atoms with Crippen molar-refractivity contribution in [2.45, 2.75) is 13.0 Å². The van der Waals surface area contributed by atoms with Crippen molar-refractivity contribution in [1.82, 2.24) is 14.5 Å². The summed E-state index contributed by atoms with van der Waals surface area (Å²) in [7, 11) is 0. The van der Waals surface area contributed by atoms with E-state index in [2.05, 4.69) is 15.3 Å². The highest BCUT2D eigenvalue weighted by Gasteiger charge is 2.21. The fourth-order valence-corrected chi connectivity index (χ4v) is 5.10. The Balaban J connectivity index is 1.43. The average molecular weight is 477 g/mol. The first-order valence-electron chi connectivity index (χ1n) is 10.1. The lowest BCUT2D eigenvalue weighted by molar-refractivity contribution is -0.118. The highest BCUT2D eigenvalue weighted by atomic mass is 32.1. The van der Waals surface area contributed by atoms with Crippen LogP contribution in [0.1, 0.15) is 13.0 Å². The van der Waals surface area contributed by atoms with Crippen LogP contribution in [-0.2, 0) is 4.79 Å². The molecule has 5 aromatic rings. The molecular weight excluding hydrogens is 459 g/mol. The van der Waals surface area contributed by atoms with Crippen molar-refractivity contribution >= 4 is 43.9 Å². The molecule has 2 aromatic carbocycles. The Labute approximate surface area is 196 Å². The number of nitrogens with one attached hydrogen (secondary N) is 1. The number of carbonyl (C=O) groups excluding carboxylic acids is 1. The van der Waals surface area contributed by atoms with Gasteiger partial charge in [-0.25, -0.2) is 14.4 Å². The van der Waals surface area contributed by atoms with Gasteiger partial charge >= 0.3 is 0 Å². The molecule has 0 aliphatic rings. The van der Waals surface area contributed by atoms with Crippen molar-refractivity contribution in [1.29, 1.82) is 0 Å². The molecule has 6 nitrogen and oxygen atoms in total. The van der Waals surface area contributed by atoms with Gasteiger partial charge in [-0.15, -0.1) is 22.7 Å². The van der Waals surface area contributed by atoms with Gasteiger partial charge in [-0.1, -0.05) is 42.5 Å². The number of aromatic nitrogens is 3. The van der Waals surface area contributed by atoms with Crippen LogP contribution < -0.4 is 10.9 Å². The third-order valence-corrected chi connectivity index (χ3v) is 6.92. The van der Waals surface area contributed by atoms with Gasteiger partial charge in [0, 0.05) is 21.9 Å². The zero-order valence-electron chi connectivity index (χ0n) is 17.4. The van der Waals surface area contributed by atoms with Crippen molar-refractivity contribution in [3.05, 3.63) is 87.9 Å². The van der Waals surface area contributed by atoms with E-state index in [0.717, 1.165) is 11.3 Å². The molecule has 0 saturated carbocycles. The van der Waals surface area contributed by atoms with Crippen LogP contribution in [0, 0.1) is 5.82 Å². The summed E-state index contributed by atoms with van der Waals surface area (Å²) in [6, 6.07) is 14.8. The van der Waals surface area contributed by atoms with Crippen LogP contribution in [0.4, 0.5) is 9.52 Å². The number of nitrogens with zero attached hydrogens (tertiary/aromatic N) is 3. The van der Waals surface area contributed by atoms with Crippen molar-refractivity contribution in [2.75, 3.05) is 5.32 Å². The number of rotatable bonds is 5. The van der Waals surface area contributed by atoms with E-state index in [-0.39, 0.29) is 17.3 Å². The maximum absolute atomic E-state index is 13.3. The summed E-state index contributed by atoms with van der Waals surface area (Å²) in [6.07, 6.45) is 1.39. The lowest BCUT2D eigenvalue weighted by atomic mass is 10.1. The van der Waals surface area contributed by atoms with Crippen molar-refractivity contribution < 1.29 is 9.18 Å². The quantitative estimate of drug-likeness (QED) is 0.359. The Bertz CT molecular complexity index is 1510. The molecule has 33 heavy (non-hydrogen) atoms. The number of hydrogen-bond donors (Lipinski definition) is 1. The molecule has 1 N–H and O–H groups in total. The zero-order valence-corrected chi connectivity index (χ0v) is 19.0. The first-order chi connectivity index (χ1) is 16.0. The number of halogens is 1. The maximum Gasteiger partial charge on any atom is 0.263 e. The van der Waals surface area contributed by atoms with Crippen molar-refractivity contribution in [3.63, 3.8) is 0 Å². The molecule has 0 bridgehead atoms. The molecule has 5 rings (SSSR count). The number of fused-ring (bicyclic) bond motifs is 1. The molecule has 164 valence electrons. The van der Waals surface area contributed by atoms with Gasteiger partial charge in [-0.2, -0.15) is 0 Å². The molecule has 3 aromatic heterocycles. The fourth-order valence-electron chi connectivity index (χ4n) is 3.47. The van der Waals surface area contributed by atoms with E-state index in [1.54, 1.807) is 19.1 Å². The third-order valence-electron chi connectivity index (χ3n) is 5.28. The number of anilines is 1. The largest absolute Gasteiger partial charge is 0.300 e. The van der Waals surface area contributed by atoms with Crippen LogP contribution in [0.3, 0.4) is 0 Å². The molecule has 0 spiro atoms. The van der Waals surface area contributed by atoms with Gasteiger partial charge in [0.15, 0.2) is 5.13 Å². The maximum atomic E-state index is 13.3. The molecule has 0 fully saturated rings. The topological polar surface area (TPSA) is 76.9 Å². The van der Waals surface area contributed by atoms with E-state index in [9.17, 15) is 14.0 Å². The van der Waals surface area contributed by atoms with Gasteiger partial charge < -0.3 is 5.32 Å². The van der Waals surface area contributed by atoms with E-state index in [1.807, 2.05) is 41.1 Å². The van der Waals surface area contributed by atoms with Gasteiger partial charge in [0.1, 0.15) is 16.7 Å². The summed E-state index contributed by atoms with van der Waals surface area (Å²) in [5.74, 6) is -0.720. The molecule has 9 heteroatoms. The molecule has 1 unspecified atom stereocenters. The van der Waals surface area contributed by atoms with E-state index in [0.29, 0.717) is 26.5 Å². The Morgan fingerprint density at radius 1 is 1.03 bits per heavy atom. The standard InChI is InChI=1S/C24H17FN4O2S2/c1-14(21(30)28-24-27-19(12-33-24)16-5-3-2-4-6-16)29-13-26-22-20(23(29)31)18(11-32-22)15-7-9-17(25)10-8-15/h2-14H,1H3,(H,27,28,30). The van der Waals surface area contributed by atoms with Gasteiger partial charge in [0.25, 0.3) is 5.56 Å². The summed E-state index contributed by atoms with van der Waals surface area (Å²) in [4.78, 5) is 35.6. The Hall–Kier alpha value is -3.69. The number of thiazole rings is 1. The number of thiophene rings is 1. The molecule has 3 heterocycles. The zero-order chi connectivity index (χ0) is 22.9. The number of hydrogen-bond acceptors (Lipinski definition) is 6. The molecule has 1 amide bonds.